The summed E-state index contributed by atoms with van der Waals surface area (Å²) in [5.74, 6) is 0.592. The van der Waals surface area contributed by atoms with Gasteiger partial charge in [-0.15, -0.1) is 0 Å². The second kappa shape index (κ2) is 5.33. The maximum Gasteiger partial charge on any atom is 0.226 e. The van der Waals surface area contributed by atoms with Gasteiger partial charge in [0.25, 0.3) is 0 Å². The molecule has 1 unspecified atom stereocenters. The highest BCUT2D eigenvalue weighted by Gasteiger charge is 2.32. The Morgan fingerprint density at radius 1 is 1.25 bits per heavy atom. The highest BCUT2D eigenvalue weighted by molar-refractivity contribution is 5.94. The lowest BCUT2D eigenvalue weighted by molar-refractivity contribution is -0.116. The minimum absolute atomic E-state index is 0.00965. The van der Waals surface area contributed by atoms with E-state index in [0.29, 0.717) is 12.2 Å². The van der Waals surface area contributed by atoms with Crippen molar-refractivity contribution in [2.75, 3.05) is 5.32 Å². The number of anilines is 1. The highest BCUT2D eigenvalue weighted by atomic mass is 16.1. The van der Waals surface area contributed by atoms with Crippen LogP contribution in [0, 0.1) is 20.8 Å². The number of carbonyl (C=O) groups excluding carboxylic acids is 1. The Kier molecular flexibility index (Phi) is 3.26. The molecule has 0 spiro atoms. The Morgan fingerprint density at radius 2 is 2.08 bits per heavy atom. The molecule has 1 aliphatic heterocycles. The van der Waals surface area contributed by atoms with Crippen LogP contribution in [0.2, 0.25) is 0 Å². The first-order valence-electron chi connectivity index (χ1n) is 8.00. The second-order valence-corrected chi connectivity index (χ2v) is 6.39. The van der Waals surface area contributed by atoms with Crippen LogP contribution in [0.3, 0.4) is 0 Å². The summed E-state index contributed by atoms with van der Waals surface area (Å²) in [6, 6.07) is 6.21. The van der Waals surface area contributed by atoms with Gasteiger partial charge in [0.1, 0.15) is 0 Å². The molecule has 3 aromatic rings. The number of hydrogen-bond acceptors (Lipinski definition) is 3. The normalized spacial score (nSPS) is 16.8. The van der Waals surface area contributed by atoms with Crippen molar-refractivity contribution in [3.8, 4) is 5.69 Å². The van der Waals surface area contributed by atoms with E-state index in [-0.39, 0.29) is 11.8 Å². The number of H-pyrrole nitrogens is 1. The molecule has 1 amide bonds. The average Bonchev–Trinajstić information content (AvgIpc) is 3.16. The van der Waals surface area contributed by atoms with Crippen LogP contribution in [0.1, 0.15) is 40.3 Å². The van der Waals surface area contributed by atoms with Crippen molar-refractivity contribution in [3.05, 3.63) is 58.5 Å². The summed E-state index contributed by atoms with van der Waals surface area (Å²) in [6.45, 7) is 6.15. The van der Waals surface area contributed by atoms with Crippen molar-refractivity contribution in [1.29, 1.82) is 0 Å². The molecule has 0 saturated heterocycles. The highest BCUT2D eigenvalue weighted by Crippen LogP contribution is 2.41. The summed E-state index contributed by atoms with van der Waals surface area (Å²) in [7, 11) is 0. The summed E-state index contributed by atoms with van der Waals surface area (Å²) in [5.41, 5.74) is 6.51. The van der Waals surface area contributed by atoms with Crippen LogP contribution in [-0.4, -0.2) is 25.9 Å². The van der Waals surface area contributed by atoms with Crippen molar-refractivity contribution in [2.24, 2.45) is 0 Å². The van der Waals surface area contributed by atoms with Gasteiger partial charge >= 0.3 is 0 Å². The molecule has 3 heterocycles. The van der Waals surface area contributed by atoms with E-state index in [1.54, 1.807) is 6.20 Å². The molecule has 2 aromatic heterocycles. The Balaban J connectivity index is 1.97. The van der Waals surface area contributed by atoms with Gasteiger partial charge in [0.2, 0.25) is 5.91 Å². The number of fused-ring (bicyclic) bond motifs is 1. The van der Waals surface area contributed by atoms with Crippen molar-refractivity contribution in [3.63, 3.8) is 0 Å². The molecular weight excluding hydrogens is 302 g/mol. The summed E-state index contributed by atoms with van der Waals surface area (Å²) in [6.07, 6.45) is 4.11. The fourth-order valence-corrected chi connectivity index (χ4v) is 3.67. The van der Waals surface area contributed by atoms with E-state index in [0.717, 1.165) is 28.1 Å². The molecule has 122 valence electrons. The maximum atomic E-state index is 12.2. The van der Waals surface area contributed by atoms with Crippen LogP contribution < -0.4 is 5.32 Å². The first-order valence-corrected chi connectivity index (χ1v) is 8.00. The van der Waals surface area contributed by atoms with Crippen molar-refractivity contribution in [2.45, 2.75) is 33.1 Å². The maximum absolute atomic E-state index is 12.2. The lowest BCUT2D eigenvalue weighted by Crippen LogP contribution is -2.24. The van der Waals surface area contributed by atoms with E-state index in [1.165, 1.54) is 5.56 Å². The van der Waals surface area contributed by atoms with Gasteiger partial charge in [-0.05, 0) is 38.0 Å². The molecule has 6 nitrogen and oxygen atoms in total. The van der Waals surface area contributed by atoms with Gasteiger partial charge in [0, 0.05) is 36.0 Å². The predicted octanol–water partition coefficient (Wildman–Crippen LogP) is 2.99. The van der Waals surface area contributed by atoms with Gasteiger partial charge in [-0.25, -0.2) is 4.68 Å². The fourth-order valence-electron chi connectivity index (χ4n) is 3.67. The zero-order chi connectivity index (χ0) is 16.8. The minimum atomic E-state index is -0.0368. The third kappa shape index (κ3) is 2.22. The number of benzene rings is 1. The van der Waals surface area contributed by atoms with Gasteiger partial charge in [-0.3, -0.25) is 9.89 Å². The molecule has 0 aliphatic carbocycles. The molecule has 6 heteroatoms. The third-order valence-electron chi connectivity index (χ3n) is 4.57. The Hall–Kier alpha value is -2.89. The molecule has 0 saturated carbocycles. The van der Waals surface area contributed by atoms with Crippen LogP contribution in [0.15, 0.2) is 30.6 Å². The Labute approximate surface area is 139 Å². The number of carbonyl (C=O) groups is 1. The molecule has 1 aromatic carbocycles. The van der Waals surface area contributed by atoms with Crippen molar-refractivity contribution < 1.29 is 4.79 Å². The number of aryl methyl sites for hydroxylation is 3. The zero-order valence-corrected chi connectivity index (χ0v) is 13.9. The van der Waals surface area contributed by atoms with Crippen LogP contribution in [0.25, 0.3) is 5.69 Å². The Bertz CT molecular complexity index is 923. The van der Waals surface area contributed by atoms with E-state index in [1.807, 2.05) is 23.9 Å². The Morgan fingerprint density at radius 3 is 2.83 bits per heavy atom. The van der Waals surface area contributed by atoms with Gasteiger partial charge in [0.15, 0.2) is 5.82 Å². The van der Waals surface area contributed by atoms with Gasteiger partial charge in [-0.1, -0.05) is 17.7 Å². The number of rotatable bonds is 2. The van der Waals surface area contributed by atoms with Gasteiger partial charge in [-0.2, -0.15) is 10.2 Å². The SMILES string of the molecule is Cc1cc(C)c(-n2cccn2)c(C2CC(=O)Nc3n[nH]c(C)c32)c1. The first-order chi connectivity index (χ1) is 11.5. The summed E-state index contributed by atoms with van der Waals surface area (Å²) in [5, 5.41) is 14.5. The molecular formula is C18H19N5O. The number of aromatic nitrogens is 4. The molecule has 0 bridgehead atoms. The standard InChI is InChI=1S/C18H19N5O/c1-10-7-11(2)17(23-6-4-5-19-23)14(8-10)13-9-15(24)20-18-16(13)12(3)21-22-18/h4-8,13H,9H2,1-3H3,(H2,20,21,22,24). The monoisotopic (exact) mass is 321 g/mol. The molecule has 2 N–H and O–H groups in total. The number of amides is 1. The fraction of sp³-hybridized carbons (Fsp3) is 0.278. The lowest BCUT2D eigenvalue weighted by Gasteiger charge is -2.26. The van der Waals surface area contributed by atoms with E-state index in [9.17, 15) is 4.79 Å². The summed E-state index contributed by atoms with van der Waals surface area (Å²) >= 11 is 0. The van der Waals surface area contributed by atoms with E-state index in [2.05, 4.69) is 46.6 Å². The van der Waals surface area contributed by atoms with E-state index in [4.69, 9.17) is 0 Å². The molecule has 0 radical (unpaired) electrons. The van der Waals surface area contributed by atoms with E-state index >= 15 is 0 Å². The average molecular weight is 321 g/mol. The molecule has 0 fully saturated rings. The van der Waals surface area contributed by atoms with Crippen LogP contribution in [0.5, 0.6) is 0 Å². The predicted molar refractivity (Wildman–Crippen MR) is 91.5 cm³/mol. The van der Waals surface area contributed by atoms with Crippen LogP contribution >= 0.6 is 0 Å². The van der Waals surface area contributed by atoms with Gasteiger partial charge < -0.3 is 5.32 Å². The number of nitrogens with zero attached hydrogens (tertiary/aromatic N) is 3. The van der Waals surface area contributed by atoms with Gasteiger partial charge in [0.05, 0.1) is 5.69 Å². The lowest BCUT2D eigenvalue weighted by atomic mass is 9.83. The second-order valence-electron chi connectivity index (χ2n) is 6.39. The summed E-state index contributed by atoms with van der Waals surface area (Å²) in [4.78, 5) is 12.2. The molecule has 24 heavy (non-hydrogen) atoms. The van der Waals surface area contributed by atoms with Crippen LogP contribution in [-0.2, 0) is 4.79 Å². The number of nitrogens with one attached hydrogen (secondary N) is 2. The largest absolute Gasteiger partial charge is 0.309 e. The topological polar surface area (TPSA) is 75.6 Å². The summed E-state index contributed by atoms with van der Waals surface area (Å²) < 4.78 is 1.88. The smallest absolute Gasteiger partial charge is 0.226 e. The molecule has 1 atom stereocenters. The van der Waals surface area contributed by atoms with Crippen molar-refractivity contribution in [1.82, 2.24) is 20.0 Å². The molecule has 1 aliphatic rings. The van der Waals surface area contributed by atoms with Crippen molar-refractivity contribution >= 4 is 11.7 Å². The zero-order valence-electron chi connectivity index (χ0n) is 13.9. The number of aromatic amines is 1. The third-order valence-corrected chi connectivity index (χ3v) is 4.57. The first kappa shape index (κ1) is 14.7. The van der Waals surface area contributed by atoms with Crippen LogP contribution in [0.4, 0.5) is 5.82 Å². The number of hydrogen-bond donors (Lipinski definition) is 2. The minimum Gasteiger partial charge on any atom is -0.309 e. The quantitative estimate of drug-likeness (QED) is 0.762. The van der Waals surface area contributed by atoms with E-state index < -0.39 is 0 Å². The molecule has 4 rings (SSSR count).